The fourth-order valence-corrected chi connectivity index (χ4v) is 2.23. The number of nitrogens with zero attached hydrogens (tertiary/aromatic N) is 1. The number of carbonyl (C=O) groups excluding carboxylic acids is 1. The minimum atomic E-state index is -1.00. The van der Waals surface area contributed by atoms with Gasteiger partial charge in [0.1, 0.15) is 5.75 Å². The van der Waals surface area contributed by atoms with Crippen molar-refractivity contribution in [2.24, 2.45) is 0 Å². The van der Waals surface area contributed by atoms with Crippen molar-refractivity contribution >= 4 is 17.9 Å². The molecule has 8 nitrogen and oxygen atoms in total. The Morgan fingerprint density at radius 1 is 0.867 bits per heavy atom. The van der Waals surface area contributed by atoms with Crippen LogP contribution in [0.2, 0.25) is 0 Å². The van der Waals surface area contributed by atoms with Gasteiger partial charge in [0.15, 0.2) is 11.5 Å². The van der Waals surface area contributed by atoms with Crippen molar-refractivity contribution in [2.75, 3.05) is 19.0 Å². The average molecular weight is 418 g/mol. The Bertz CT molecular complexity index is 821. The van der Waals surface area contributed by atoms with E-state index in [-0.39, 0.29) is 12.2 Å². The molecule has 0 spiro atoms. The molecule has 0 saturated carbocycles. The van der Waals surface area contributed by atoms with Gasteiger partial charge in [0.2, 0.25) is 0 Å². The first-order chi connectivity index (χ1) is 14.1. The SMILES string of the molecule is CC(C)Oc1ccccc1N(C)C(=O)O.CNC(=O)Oc1ccccc1OC(C)C. The van der Waals surface area contributed by atoms with Gasteiger partial charge in [0.25, 0.3) is 0 Å². The lowest BCUT2D eigenvalue weighted by atomic mass is 10.2. The summed E-state index contributed by atoms with van der Waals surface area (Å²) in [5.41, 5.74) is 0.554. The van der Waals surface area contributed by atoms with E-state index in [4.69, 9.17) is 19.3 Å². The van der Waals surface area contributed by atoms with E-state index in [0.29, 0.717) is 22.9 Å². The summed E-state index contributed by atoms with van der Waals surface area (Å²) in [5.74, 6) is 1.57. The minimum absolute atomic E-state index is 0.0216. The van der Waals surface area contributed by atoms with Crippen LogP contribution in [0.1, 0.15) is 27.7 Å². The molecule has 0 aromatic heterocycles. The van der Waals surface area contributed by atoms with Crippen LogP contribution in [-0.4, -0.2) is 43.6 Å². The predicted octanol–water partition coefficient (Wildman–Crippen LogP) is 4.78. The molecule has 0 bridgehead atoms. The quantitative estimate of drug-likeness (QED) is 0.701. The molecule has 164 valence electrons. The van der Waals surface area contributed by atoms with Gasteiger partial charge in [0.05, 0.1) is 17.9 Å². The Hall–Kier alpha value is -3.42. The third kappa shape index (κ3) is 8.30. The average Bonchev–Trinajstić information content (AvgIpc) is 2.69. The summed E-state index contributed by atoms with van der Waals surface area (Å²) < 4.78 is 16.0. The van der Waals surface area contributed by atoms with Crippen molar-refractivity contribution in [3.63, 3.8) is 0 Å². The Balaban J connectivity index is 0.000000300. The largest absolute Gasteiger partial charge is 0.489 e. The lowest BCUT2D eigenvalue weighted by molar-refractivity contribution is 0.194. The number of hydrogen-bond acceptors (Lipinski definition) is 5. The van der Waals surface area contributed by atoms with E-state index >= 15 is 0 Å². The van der Waals surface area contributed by atoms with Gasteiger partial charge in [-0.05, 0) is 52.0 Å². The molecule has 0 unspecified atom stereocenters. The van der Waals surface area contributed by atoms with E-state index in [1.54, 1.807) is 36.4 Å². The van der Waals surface area contributed by atoms with E-state index in [9.17, 15) is 9.59 Å². The van der Waals surface area contributed by atoms with Gasteiger partial charge in [-0.3, -0.25) is 4.90 Å². The molecule has 0 radical (unpaired) electrons. The summed E-state index contributed by atoms with van der Waals surface area (Å²) in [5, 5.41) is 11.2. The van der Waals surface area contributed by atoms with Crippen molar-refractivity contribution in [3.05, 3.63) is 48.5 Å². The van der Waals surface area contributed by atoms with Gasteiger partial charge in [-0.1, -0.05) is 24.3 Å². The normalized spacial score (nSPS) is 10.0. The number of carbonyl (C=O) groups is 2. The first-order valence-electron chi connectivity index (χ1n) is 9.53. The summed E-state index contributed by atoms with van der Waals surface area (Å²) in [7, 11) is 3.00. The monoisotopic (exact) mass is 418 g/mol. The lowest BCUT2D eigenvalue weighted by Crippen LogP contribution is -2.24. The second-order valence-corrected chi connectivity index (χ2v) is 6.73. The van der Waals surface area contributed by atoms with E-state index in [1.807, 2.05) is 39.8 Å². The van der Waals surface area contributed by atoms with E-state index in [1.165, 1.54) is 14.1 Å². The van der Waals surface area contributed by atoms with E-state index in [0.717, 1.165) is 4.90 Å². The van der Waals surface area contributed by atoms with Crippen LogP contribution >= 0.6 is 0 Å². The molecule has 2 N–H and O–H groups in total. The van der Waals surface area contributed by atoms with Gasteiger partial charge in [-0.25, -0.2) is 9.59 Å². The van der Waals surface area contributed by atoms with Crippen molar-refractivity contribution in [1.82, 2.24) is 5.32 Å². The van der Waals surface area contributed by atoms with Crippen LogP contribution in [0.4, 0.5) is 15.3 Å². The van der Waals surface area contributed by atoms with Crippen molar-refractivity contribution in [1.29, 1.82) is 0 Å². The van der Waals surface area contributed by atoms with Crippen molar-refractivity contribution in [2.45, 2.75) is 39.9 Å². The first kappa shape index (κ1) is 24.6. The molecule has 0 aliphatic carbocycles. The molecular weight excluding hydrogens is 388 g/mol. The molecule has 2 aromatic carbocycles. The van der Waals surface area contributed by atoms with Gasteiger partial charge < -0.3 is 24.6 Å². The maximum Gasteiger partial charge on any atom is 0.412 e. The van der Waals surface area contributed by atoms with Crippen LogP contribution in [0.25, 0.3) is 0 Å². The van der Waals surface area contributed by atoms with Gasteiger partial charge in [0, 0.05) is 14.1 Å². The first-order valence-corrected chi connectivity index (χ1v) is 9.53. The maximum atomic E-state index is 11.0. The van der Waals surface area contributed by atoms with E-state index in [2.05, 4.69) is 5.32 Å². The molecular formula is C22H30N2O6. The van der Waals surface area contributed by atoms with Crippen LogP contribution in [0, 0.1) is 0 Å². The highest BCUT2D eigenvalue weighted by Crippen LogP contribution is 2.28. The number of hydrogen-bond donors (Lipinski definition) is 2. The molecule has 0 saturated heterocycles. The van der Waals surface area contributed by atoms with Crippen LogP contribution < -0.4 is 24.4 Å². The smallest absolute Gasteiger partial charge is 0.412 e. The number of anilines is 1. The summed E-state index contributed by atoms with van der Waals surface area (Å²) in [6.07, 6.45) is -1.45. The number of nitrogens with one attached hydrogen (secondary N) is 1. The highest BCUT2D eigenvalue weighted by atomic mass is 16.6. The zero-order chi connectivity index (χ0) is 22.7. The molecule has 0 atom stereocenters. The number of amides is 2. The molecule has 2 amide bonds. The second-order valence-electron chi connectivity index (χ2n) is 6.73. The Labute approximate surface area is 177 Å². The zero-order valence-electron chi connectivity index (χ0n) is 18.2. The van der Waals surface area contributed by atoms with Crippen molar-refractivity contribution < 1.29 is 28.9 Å². The summed E-state index contributed by atoms with van der Waals surface area (Å²) in [6, 6.07) is 14.1. The lowest BCUT2D eigenvalue weighted by Gasteiger charge is -2.19. The summed E-state index contributed by atoms with van der Waals surface area (Å²) in [6.45, 7) is 7.63. The maximum absolute atomic E-state index is 11.0. The number of para-hydroxylation sites is 4. The molecule has 0 aliphatic rings. The summed E-state index contributed by atoms with van der Waals surface area (Å²) >= 11 is 0. The zero-order valence-corrected chi connectivity index (χ0v) is 18.2. The number of rotatable bonds is 6. The van der Waals surface area contributed by atoms with Gasteiger partial charge >= 0.3 is 12.2 Å². The molecule has 0 aliphatic heterocycles. The molecule has 0 fully saturated rings. The van der Waals surface area contributed by atoms with Crippen molar-refractivity contribution in [3.8, 4) is 17.2 Å². The Morgan fingerprint density at radius 3 is 1.83 bits per heavy atom. The highest BCUT2D eigenvalue weighted by molar-refractivity contribution is 5.87. The standard InChI is InChI=1S/2C11H15NO3/c1-8(2)14-9-6-4-5-7-10(9)15-11(13)12-3;1-8(2)15-10-7-5-4-6-9(10)12(3)11(13)14/h4-8H,1-3H3,(H,12,13);4-8H,1-3H3,(H,13,14). The number of carboxylic acid groups (broad SMARTS) is 1. The molecule has 2 rings (SSSR count). The fraction of sp³-hybridized carbons (Fsp3) is 0.364. The number of ether oxygens (including phenoxy) is 3. The topological polar surface area (TPSA) is 97.3 Å². The Kier molecular flexibility index (Phi) is 10.0. The third-order valence-electron chi connectivity index (χ3n) is 3.49. The molecule has 30 heavy (non-hydrogen) atoms. The summed E-state index contributed by atoms with van der Waals surface area (Å²) in [4.78, 5) is 23.0. The predicted molar refractivity (Wildman–Crippen MR) is 116 cm³/mol. The molecule has 2 aromatic rings. The van der Waals surface area contributed by atoms with E-state index < -0.39 is 12.2 Å². The van der Waals surface area contributed by atoms with Gasteiger partial charge in [-0.15, -0.1) is 0 Å². The molecule has 8 heteroatoms. The van der Waals surface area contributed by atoms with Crippen LogP contribution in [0.3, 0.4) is 0 Å². The van der Waals surface area contributed by atoms with Gasteiger partial charge in [-0.2, -0.15) is 0 Å². The minimum Gasteiger partial charge on any atom is -0.489 e. The molecule has 0 heterocycles. The van der Waals surface area contributed by atoms with Crippen LogP contribution in [0.5, 0.6) is 17.2 Å². The number of benzene rings is 2. The Morgan fingerprint density at radius 2 is 1.33 bits per heavy atom. The fourth-order valence-electron chi connectivity index (χ4n) is 2.23. The third-order valence-corrected chi connectivity index (χ3v) is 3.49. The second kappa shape index (κ2) is 12.2. The van der Waals surface area contributed by atoms with Crippen LogP contribution in [0.15, 0.2) is 48.5 Å². The highest BCUT2D eigenvalue weighted by Gasteiger charge is 2.14. The van der Waals surface area contributed by atoms with Crippen LogP contribution in [-0.2, 0) is 0 Å².